The minimum Gasteiger partial charge on any atom is -0.334 e. The summed E-state index contributed by atoms with van der Waals surface area (Å²) in [5.41, 5.74) is 7.98. The number of benzene rings is 2. The number of nitrogens with zero attached hydrogens (tertiary/aromatic N) is 4. The van der Waals surface area contributed by atoms with Gasteiger partial charge in [-0.2, -0.15) is 0 Å². The fourth-order valence-electron chi connectivity index (χ4n) is 10.8. The molecule has 0 bridgehead atoms. The van der Waals surface area contributed by atoms with Crippen LogP contribution in [0.25, 0.3) is 0 Å². The van der Waals surface area contributed by atoms with E-state index in [1.165, 1.54) is 0 Å². The van der Waals surface area contributed by atoms with Crippen LogP contribution in [0, 0.1) is 35.5 Å². The Hall–Kier alpha value is -5.64. The molecule has 9 nitrogen and oxygen atoms in total. The number of rotatable bonds is 17. The largest absolute Gasteiger partial charge is 0.334 e. The number of hydrogen-bond acceptors (Lipinski definition) is 6. The number of nitrogens with two attached hydrogens (primary N) is 1. The molecule has 3 amide bonds. The van der Waals surface area contributed by atoms with E-state index >= 15 is 9.59 Å². The first-order valence-electron chi connectivity index (χ1n) is 25.6. The van der Waals surface area contributed by atoms with E-state index < -0.39 is 0 Å². The highest BCUT2D eigenvalue weighted by atomic mass is 16.2. The lowest BCUT2D eigenvalue weighted by atomic mass is 9.75. The maximum absolute atomic E-state index is 15.3. The van der Waals surface area contributed by atoms with Crippen LogP contribution in [-0.4, -0.2) is 109 Å². The van der Waals surface area contributed by atoms with Crippen LogP contribution in [0.5, 0.6) is 0 Å². The van der Waals surface area contributed by atoms with Crippen molar-refractivity contribution in [2.24, 2.45) is 41.2 Å². The topological polar surface area (TPSA) is 107 Å². The lowest BCUT2D eigenvalue weighted by Gasteiger charge is -2.38. The first kappa shape index (κ1) is 50.2. The van der Waals surface area contributed by atoms with Crippen molar-refractivity contribution in [3.05, 3.63) is 169 Å². The molecule has 0 saturated carbocycles. The quantitative estimate of drug-likeness (QED) is 0.159. The second-order valence-corrected chi connectivity index (χ2v) is 19.5. The molecule has 2 aromatic carbocycles. The second kappa shape index (κ2) is 26.8. The number of carbonyl (C=O) groups excluding carboxylic acids is 4. The summed E-state index contributed by atoms with van der Waals surface area (Å²) in [6, 6.07) is 20.3. The molecule has 2 aromatic rings. The zero-order valence-corrected chi connectivity index (χ0v) is 40.2. The third-order valence-electron chi connectivity index (χ3n) is 14.7. The van der Waals surface area contributed by atoms with E-state index in [-0.39, 0.29) is 85.8 Å². The summed E-state index contributed by atoms with van der Waals surface area (Å²) in [5, 5.41) is 0. The first-order chi connectivity index (χ1) is 33.4. The standard InChI is InChI=1S/C59H75N5O4/c60-37-21-7-22-39-62-45-58(67)64(43-56(51-32-16-5-17-33-51)52-34-18-6-19-35-52)46-59(68)63(42-55(49-28-12-3-13-29-49)50-30-14-4-15-31-50)40-53(65)36-20-23-38-61(44-57(62)66)41-54(47-24-8-1-9-25-47)48-26-10-2-11-27-48/h1-6,8-19,24,26,28,30,32-35,47-50,54-56H,7,20-23,25,27,29,31,36-46,60H2. The molecule has 0 aromatic heterocycles. The van der Waals surface area contributed by atoms with Gasteiger partial charge in [-0.05, 0) is 111 Å². The molecular formula is C59H75N5O4. The van der Waals surface area contributed by atoms with E-state index in [0.717, 1.165) is 69.0 Å². The van der Waals surface area contributed by atoms with Gasteiger partial charge in [-0.3, -0.25) is 24.1 Å². The van der Waals surface area contributed by atoms with Gasteiger partial charge in [-0.1, -0.05) is 164 Å². The summed E-state index contributed by atoms with van der Waals surface area (Å²) in [5.74, 6) is 0.553. The number of hydrogen-bond donors (Lipinski definition) is 1. The van der Waals surface area contributed by atoms with Crippen LogP contribution in [0.1, 0.15) is 81.3 Å². The van der Waals surface area contributed by atoms with E-state index in [2.05, 4.69) is 126 Å². The summed E-state index contributed by atoms with van der Waals surface area (Å²) in [6.07, 6.45) is 42.7. The monoisotopic (exact) mass is 918 g/mol. The highest BCUT2D eigenvalue weighted by Crippen LogP contribution is 2.35. The lowest BCUT2D eigenvalue weighted by Crippen LogP contribution is -2.52. The molecule has 4 unspecified atom stereocenters. The van der Waals surface area contributed by atoms with Gasteiger partial charge in [-0.15, -0.1) is 0 Å². The van der Waals surface area contributed by atoms with Crippen molar-refractivity contribution in [2.75, 3.05) is 65.4 Å². The van der Waals surface area contributed by atoms with E-state index in [1.54, 1.807) is 14.7 Å². The van der Waals surface area contributed by atoms with Crippen molar-refractivity contribution >= 4 is 23.5 Å². The van der Waals surface area contributed by atoms with Crippen molar-refractivity contribution < 1.29 is 19.2 Å². The highest BCUT2D eigenvalue weighted by molar-refractivity contribution is 5.91. The number of allylic oxidation sites excluding steroid dienone is 16. The fraction of sp³-hybridized carbons (Fsp3) is 0.458. The molecule has 7 rings (SSSR count). The predicted molar refractivity (Wildman–Crippen MR) is 275 cm³/mol. The van der Waals surface area contributed by atoms with Gasteiger partial charge in [0, 0.05) is 38.5 Å². The molecule has 1 aliphatic heterocycles. The van der Waals surface area contributed by atoms with Gasteiger partial charge in [0.2, 0.25) is 17.7 Å². The van der Waals surface area contributed by atoms with Crippen molar-refractivity contribution in [1.29, 1.82) is 0 Å². The zero-order valence-electron chi connectivity index (χ0n) is 40.2. The Labute approximate surface area is 406 Å². The first-order valence-corrected chi connectivity index (χ1v) is 25.6. The minimum atomic E-state index is -0.277. The average molecular weight is 918 g/mol. The van der Waals surface area contributed by atoms with Crippen LogP contribution in [0.4, 0.5) is 0 Å². The third-order valence-corrected chi connectivity index (χ3v) is 14.7. The Balaban J connectivity index is 1.24. The van der Waals surface area contributed by atoms with Crippen LogP contribution in [0.2, 0.25) is 0 Å². The molecule has 0 radical (unpaired) electrons. The molecule has 5 aliphatic rings. The van der Waals surface area contributed by atoms with E-state index in [0.29, 0.717) is 50.9 Å². The zero-order chi connectivity index (χ0) is 47.3. The van der Waals surface area contributed by atoms with Crippen LogP contribution in [-0.2, 0) is 19.2 Å². The maximum atomic E-state index is 15.3. The highest BCUT2D eigenvalue weighted by Gasteiger charge is 2.35. The van der Waals surface area contributed by atoms with E-state index in [4.69, 9.17) is 5.73 Å². The molecule has 0 spiro atoms. The van der Waals surface area contributed by atoms with Crippen molar-refractivity contribution in [3.63, 3.8) is 0 Å². The van der Waals surface area contributed by atoms with Crippen molar-refractivity contribution in [1.82, 2.24) is 19.6 Å². The van der Waals surface area contributed by atoms with Gasteiger partial charge in [0.15, 0.2) is 5.78 Å². The normalized spacial score (nSPS) is 24.1. The minimum absolute atomic E-state index is 0.00266. The van der Waals surface area contributed by atoms with Crippen molar-refractivity contribution in [2.45, 2.75) is 70.1 Å². The molecule has 4 atom stereocenters. The molecule has 9 heteroatoms. The van der Waals surface area contributed by atoms with Crippen LogP contribution in [0.3, 0.4) is 0 Å². The molecule has 1 saturated heterocycles. The Morgan fingerprint density at radius 2 is 0.956 bits per heavy atom. The molecule has 1 heterocycles. The summed E-state index contributed by atoms with van der Waals surface area (Å²) in [7, 11) is 0. The smallest absolute Gasteiger partial charge is 0.242 e. The number of ketones is 1. The van der Waals surface area contributed by atoms with Gasteiger partial charge in [-0.25, -0.2) is 0 Å². The molecule has 360 valence electrons. The Bertz CT molecular complexity index is 2090. The lowest BCUT2D eigenvalue weighted by molar-refractivity contribution is -0.146. The van der Waals surface area contributed by atoms with Gasteiger partial charge >= 0.3 is 0 Å². The summed E-state index contributed by atoms with van der Waals surface area (Å²) in [4.78, 5) is 67.1. The Morgan fingerprint density at radius 3 is 1.44 bits per heavy atom. The van der Waals surface area contributed by atoms with Crippen LogP contribution < -0.4 is 5.73 Å². The Morgan fingerprint density at radius 1 is 0.485 bits per heavy atom. The molecule has 2 N–H and O–H groups in total. The molecule has 1 fully saturated rings. The van der Waals surface area contributed by atoms with Crippen LogP contribution >= 0.6 is 0 Å². The average Bonchev–Trinajstić information content (AvgIpc) is 3.38. The van der Waals surface area contributed by atoms with Gasteiger partial charge < -0.3 is 20.4 Å². The summed E-state index contributed by atoms with van der Waals surface area (Å²) in [6.45, 7) is 2.81. The third kappa shape index (κ3) is 14.9. The van der Waals surface area contributed by atoms with Gasteiger partial charge in [0.25, 0.3) is 0 Å². The van der Waals surface area contributed by atoms with E-state index in [1.807, 2.05) is 36.4 Å². The number of Topliss-reactive ketones (excluding diaryl/α,β-unsaturated/α-hetero) is 1. The summed E-state index contributed by atoms with van der Waals surface area (Å²) < 4.78 is 0. The SMILES string of the molecule is NCCCCCN1CC(=O)N(CC(c2ccccc2)c2ccccc2)CC(=O)N(CC(C2C=CC=CC2)C2C=CC=CC2)CC(=O)CCCCN(CC(C2C=CC=CC2)C2C=CC=CC2)CC1=O. The maximum Gasteiger partial charge on any atom is 0.242 e. The predicted octanol–water partition coefficient (Wildman–Crippen LogP) is 9.25. The number of amides is 3. The molecular weight excluding hydrogens is 843 g/mol. The van der Waals surface area contributed by atoms with E-state index in [9.17, 15) is 9.59 Å². The Kier molecular flexibility index (Phi) is 19.8. The van der Waals surface area contributed by atoms with Gasteiger partial charge in [0.05, 0.1) is 26.2 Å². The number of carbonyl (C=O) groups is 4. The molecule has 68 heavy (non-hydrogen) atoms. The van der Waals surface area contributed by atoms with Crippen LogP contribution in [0.15, 0.2) is 158 Å². The second-order valence-electron chi connectivity index (χ2n) is 19.5. The number of unbranched alkanes of at least 4 members (excludes halogenated alkanes) is 2. The molecule has 4 aliphatic carbocycles. The fourth-order valence-corrected chi connectivity index (χ4v) is 10.8. The summed E-state index contributed by atoms with van der Waals surface area (Å²) >= 11 is 0. The van der Waals surface area contributed by atoms with Gasteiger partial charge in [0.1, 0.15) is 0 Å². The van der Waals surface area contributed by atoms with Crippen molar-refractivity contribution in [3.8, 4) is 0 Å².